The summed E-state index contributed by atoms with van der Waals surface area (Å²) in [4.78, 5) is 2.92. The zero-order chi connectivity index (χ0) is 21.4. The van der Waals surface area contributed by atoms with Gasteiger partial charge in [0, 0.05) is 12.7 Å². The van der Waals surface area contributed by atoms with Crippen molar-refractivity contribution in [2.24, 2.45) is 0 Å². The van der Waals surface area contributed by atoms with Crippen LogP contribution in [0.3, 0.4) is 0 Å². The van der Waals surface area contributed by atoms with E-state index in [-0.39, 0.29) is 12.1 Å². The Kier molecular flexibility index (Phi) is 8.10. The van der Waals surface area contributed by atoms with Crippen molar-refractivity contribution in [2.45, 2.75) is 25.6 Å². The van der Waals surface area contributed by atoms with E-state index in [1.165, 1.54) is 16.2 Å². The summed E-state index contributed by atoms with van der Waals surface area (Å²) in [5.74, 6) is 0.876. The Hall–Kier alpha value is -2.12. The molecule has 2 heterocycles. The summed E-state index contributed by atoms with van der Waals surface area (Å²) in [7, 11) is 1.70. The number of nitrogens with zero attached hydrogens (tertiary/aromatic N) is 1. The Bertz CT molecular complexity index is 800. The van der Waals surface area contributed by atoms with Crippen molar-refractivity contribution in [1.82, 2.24) is 4.57 Å². The van der Waals surface area contributed by atoms with Crippen LogP contribution in [0, 0.1) is 0 Å². The van der Waals surface area contributed by atoms with E-state index in [9.17, 15) is 5.11 Å². The van der Waals surface area contributed by atoms with Gasteiger partial charge in [-0.05, 0) is 42.8 Å². The summed E-state index contributed by atoms with van der Waals surface area (Å²) in [6.45, 7) is 13.7. The molecule has 2 aromatic rings. The van der Waals surface area contributed by atoms with Crippen LogP contribution < -0.4 is 14.5 Å². The maximum Gasteiger partial charge on any atom is 0.137 e. The molecule has 3 rings (SSSR count). The molecular formula is C24H37N3O3+2. The predicted octanol–water partition coefficient (Wildman–Crippen LogP) is -0.218. The molecule has 1 fully saturated rings. The van der Waals surface area contributed by atoms with Gasteiger partial charge in [-0.15, -0.1) is 0 Å². The third-order valence-corrected chi connectivity index (χ3v) is 6.37. The zero-order valence-corrected chi connectivity index (χ0v) is 18.4. The number of morpholine rings is 1. The van der Waals surface area contributed by atoms with Crippen molar-refractivity contribution in [3.05, 3.63) is 66.5 Å². The predicted molar refractivity (Wildman–Crippen MR) is 118 cm³/mol. The second-order valence-corrected chi connectivity index (χ2v) is 8.40. The summed E-state index contributed by atoms with van der Waals surface area (Å²) in [6.07, 6.45) is 4.04. The van der Waals surface area contributed by atoms with Crippen molar-refractivity contribution in [3.8, 4) is 5.75 Å². The molecule has 1 unspecified atom stereocenters. The molecule has 30 heavy (non-hydrogen) atoms. The molecule has 3 N–H and O–H groups in total. The van der Waals surface area contributed by atoms with Crippen LogP contribution in [0.5, 0.6) is 5.75 Å². The maximum absolute atomic E-state index is 10.1. The number of aliphatic hydroxyl groups is 1. The van der Waals surface area contributed by atoms with Crippen LogP contribution in [0.25, 0.3) is 0 Å². The fourth-order valence-corrected chi connectivity index (χ4v) is 4.08. The van der Waals surface area contributed by atoms with E-state index in [2.05, 4.69) is 48.5 Å². The lowest BCUT2D eigenvalue weighted by atomic mass is 10.0. The molecule has 0 spiro atoms. The summed E-state index contributed by atoms with van der Waals surface area (Å²) >= 11 is 0. The van der Waals surface area contributed by atoms with Gasteiger partial charge in [-0.2, -0.15) is 0 Å². The van der Waals surface area contributed by atoms with Crippen LogP contribution in [0.2, 0.25) is 0 Å². The summed E-state index contributed by atoms with van der Waals surface area (Å²) in [6, 6.07) is 12.5. The standard InChI is InChI=1S/C24H35N3O3/c1-4-24(2,20-28)27(12-11-25-13-15-30-16-14-25)19-22-8-6-10-26(22)18-21-7-5-9-23(17-21)29-3/h4-10,17,28H,1,11-16,18-20H2,2-3H3/p+2/t24-/m1/s1. The Balaban J connectivity index is 1.73. The highest BCUT2D eigenvalue weighted by Gasteiger charge is 2.34. The number of benzene rings is 1. The van der Waals surface area contributed by atoms with Crippen molar-refractivity contribution in [3.63, 3.8) is 0 Å². The minimum atomic E-state index is -0.378. The third kappa shape index (κ3) is 5.73. The molecule has 0 bridgehead atoms. The monoisotopic (exact) mass is 415 g/mol. The number of rotatable bonds is 11. The van der Waals surface area contributed by atoms with E-state index in [1.807, 2.05) is 18.2 Å². The highest BCUT2D eigenvalue weighted by Crippen LogP contribution is 2.15. The Morgan fingerprint density at radius 3 is 2.80 bits per heavy atom. The first-order valence-corrected chi connectivity index (χ1v) is 10.9. The molecule has 0 saturated carbocycles. The largest absolute Gasteiger partial charge is 0.497 e. The average molecular weight is 416 g/mol. The molecule has 1 saturated heterocycles. The molecule has 1 aromatic carbocycles. The molecular weight excluding hydrogens is 378 g/mol. The fraction of sp³-hybridized carbons (Fsp3) is 0.500. The number of methoxy groups -OCH3 is 1. The van der Waals surface area contributed by atoms with Crippen LogP contribution in [0.1, 0.15) is 18.2 Å². The van der Waals surface area contributed by atoms with Gasteiger partial charge in [-0.3, -0.25) is 0 Å². The number of aromatic nitrogens is 1. The van der Waals surface area contributed by atoms with E-state index in [0.717, 1.165) is 58.2 Å². The molecule has 164 valence electrons. The molecule has 6 nitrogen and oxygen atoms in total. The highest BCUT2D eigenvalue weighted by molar-refractivity contribution is 5.29. The minimum Gasteiger partial charge on any atom is -0.497 e. The van der Waals surface area contributed by atoms with E-state index in [1.54, 1.807) is 12.0 Å². The van der Waals surface area contributed by atoms with Gasteiger partial charge in [0.2, 0.25) is 0 Å². The quantitative estimate of drug-likeness (QED) is 0.445. The number of quaternary nitrogens is 2. The van der Waals surface area contributed by atoms with Gasteiger partial charge in [0.15, 0.2) is 0 Å². The second-order valence-electron chi connectivity index (χ2n) is 8.40. The number of nitrogens with one attached hydrogen (secondary N) is 2. The maximum atomic E-state index is 10.1. The smallest absolute Gasteiger partial charge is 0.137 e. The molecule has 1 aliphatic rings. The first kappa shape index (κ1) is 22.6. The Morgan fingerprint density at radius 1 is 1.30 bits per heavy atom. The summed E-state index contributed by atoms with van der Waals surface area (Å²) in [5, 5.41) is 10.1. The van der Waals surface area contributed by atoms with Crippen molar-refractivity contribution in [1.29, 1.82) is 0 Å². The van der Waals surface area contributed by atoms with Gasteiger partial charge in [0.25, 0.3) is 0 Å². The van der Waals surface area contributed by atoms with Crippen LogP contribution in [0.4, 0.5) is 0 Å². The molecule has 6 heteroatoms. The molecule has 1 aromatic heterocycles. The van der Waals surface area contributed by atoms with E-state index in [0.29, 0.717) is 0 Å². The van der Waals surface area contributed by atoms with Gasteiger partial charge in [-0.1, -0.05) is 18.7 Å². The molecule has 0 aliphatic carbocycles. The topological polar surface area (TPSA) is 52.5 Å². The first-order chi connectivity index (χ1) is 14.6. The number of ether oxygens (including phenoxy) is 2. The second kappa shape index (κ2) is 10.8. The lowest BCUT2D eigenvalue weighted by Crippen LogP contribution is -3.24. The van der Waals surface area contributed by atoms with E-state index in [4.69, 9.17) is 9.47 Å². The Morgan fingerprint density at radius 2 is 2.10 bits per heavy atom. The van der Waals surface area contributed by atoms with Crippen LogP contribution in [-0.2, 0) is 17.8 Å². The fourth-order valence-electron chi connectivity index (χ4n) is 4.08. The van der Waals surface area contributed by atoms with Crippen molar-refractivity contribution >= 4 is 0 Å². The normalized spacial score (nSPS) is 18.0. The van der Waals surface area contributed by atoms with Crippen LogP contribution >= 0.6 is 0 Å². The minimum absolute atomic E-state index is 0.0842. The third-order valence-electron chi connectivity index (χ3n) is 6.37. The van der Waals surface area contributed by atoms with Crippen LogP contribution in [0.15, 0.2) is 55.3 Å². The lowest BCUT2D eigenvalue weighted by Gasteiger charge is -2.35. The van der Waals surface area contributed by atoms with Gasteiger partial charge in [-0.25, -0.2) is 0 Å². The van der Waals surface area contributed by atoms with E-state index >= 15 is 0 Å². The number of hydrogen-bond donors (Lipinski definition) is 3. The molecule has 0 amide bonds. The summed E-state index contributed by atoms with van der Waals surface area (Å²) < 4.78 is 13.2. The first-order valence-electron chi connectivity index (χ1n) is 10.9. The van der Waals surface area contributed by atoms with Gasteiger partial charge >= 0.3 is 0 Å². The van der Waals surface area contributed by atoms with Crippen molar-refractivity contribution in [2.75, 3.05) is 53.1 Å². The van der Waals surface area contributed by atoms with Gasteiger partial charge in [0.05, 0.1) is 26.0 Å². The molecule has 0 radical (unpaired) electrons. The van der Waals surface area contributed by atoms with Crippen molar-refractivity contribution < 1.29 is 24.4 Å². The molecule has 1 aliphatic heterocycles. The zero-order valence-electron chi connectivity index (χ0n) is 18.4. The Labute approximate surface area is 180 Å². The van der Waals surface area contributed by atoms with Crippen LogP contribution in [-0.4, -0.2) is 68.3 Å². The summed E-state index contributed by atoms with van der Waals surface area (Å²) in [5.41, 5.74) is 2.09. The number of aliphatic hydroxyl groups excluding tert-OH is 1. The molecule has 2 atom stereocenters. The van der Waals surface area contributed by atoms with E-state index < -0.39 is 0 Å². The van der Waals surface area contributed by atoms with Gasteiger partial charge in [0.1, 0.15) is 50.6 Å². The average Bonchev–Trinajstić information content (AvgIpc) is 3.23. The lowest BCUT2D eigenvalue weighted by molar-refractivity contribution is -0.992. The highest BCUT2D eigenvalue weighted by atomic mass is 16.5. The SMILES string of the molecule is C=C[C@](C)(CO)[NH+](CC[NH+]1CCOCC1)Cc1cccn1Cc1cccc(OC)c1. The number of hydrogen-bond acceptors (Lipinski definition) is 3. The van der Waals surface area contributed by atoms with Gasteiger partial charge < -0.3 is 28.9 Å².